The number of carbonyl (C=O) groups is 5. The summed E-state index contributed by atoms with van der Waals surface area (Å²) < 4.78 is 37.7. The molecule has 5 rings (SSSR count). The highest BCUT2D eigenvalue weighted by Crippen LogP contribution is 2.56. The van der Waals surface area contributed by atoms with Crippen LogP contribution in [0.1, 0.15) is 36.7 Å². The SMILES string of the molecule is CC(=O)O[C@H]1[C@@H](OC(C)=O)[C@@H]2NC(=O)c3c(cc4c(c3O)OCO4)[C@@]23OC(=O)O[C@H]3[C@@H]1OC(C)=O. The average molecular weight is 493 g/mol. The summed E-state index contributed by atoms with van der Waals surface area (Å²) in [6, 6.07) is -0.0707. The van der Waals surface area contributed by atoms with Gasteiger partial charge in [-0.1, -0.05) is 0 Å². The second-order valence-electron chi connectivity index (χ2n) is 8.24. The first kappa shape index (κ1) is 22.6. The number of fused-ring (bicyclic) bond motifs is 2. The van der Waals surface area contributed by atoms with Crippen LogP contribution in [0, 0.1) is 0 Å². The summed E-state index contributed by atoms with van der Waals surface area (Å²) in [6.45, 7) is 2.97. The number of hydrogen-bond donors (Lipinski definition) is 2. The van der Waals surface area contributed by atoms with Crippen molar-refractivity contribution in [2.45, 2.75) is 56.8 Å². The van der Waals surface area contributed by atoms with Crippen LogP contribution in [0.15, 0.2) is 6.07 Å². The minimum absolute atomic E-state index is 0.0426. The highest BCUT2D eigenvalue weighted by Gasteiger charge is 2.74. The molecule has 14 heteroatoms. The molecule has 3 aliphatic heterocycles. The summed E-state index contributed by atoms with van der Waals surface area (Å²) in [7, 11) is 0. The lowest BCUT2D eigenvalue weighted by Crippen LogP contribution is -2.75. The maximum absolute atomic E-state index is 13.2. The van der Waals surface area contributed by atoms with Crippen molar-refractivity contribution in [2.24, 2.45) is 0 Å². The van der Waals surface area contributed by atoms with Crippen molar-refractivity contribution in [3.05, 3.63) is 17.2 Å². The van der Waals surface area contributed by atoms with E-state index in [9.17, 15) is 29.1 Å². The number of esters is 3. The Kier molecular flexibility index (Phi) is 4.93. The molecule has 3 heterocycles. The first-order chi connectivity index (χ1) is 16.5. The quantitative estimate of drug-likeness (QED) is 0.416. The third-order valence-electron chi connectivity index (χ3n) is 6.11. The predicted molar refractivity (Wildman–Crippen MR) is 105 cm³/mol. The molecule has 1 spiro atoms. The van der Waals surface area contributed by atoms with Gasteiger partial charge in [-0.2, -0.15) is 0 Å². The molecule has 2 N–H and O–H groups in total. The number of phenolic OH excluding ortho intramolecular Hbond substituents is 1. The van der Waals surface area contributed by atoms with Gasteiger partial charge >= 0.3 is 24.1 Å². The van der Waals surface area contributed by atoms with E-state index < -0.39 is 71.8 Å². The molecule has 0 unspecified atom stereocenters. The Morgan fingerprint density at radius 1 is 1.00 bits per heavy atom. The Hall–Kier alpha value is -4.23. The van der Waals surface area contributed by atoms with Crippen LogP contribution < -0.4 is 14.8 Å². The molecule has 1 amide bonds. The zero-order valence-electron chi connectivity index (χ0n) is 18.5. The number of carbonyl (C=O) groups excluding carboxylic acids is 5. The van der Waals surface area contributed by atoms with E-state index in [1.165, 1.54) is 6.07 Å². The van der Waals surface area contributed by atoms with Gasteiger partial charge in [-0.15, -0.1) is 0 Å². The molecule has 1 saturated carbocycles. The number of aromatic hydroxyl groups is 1. The fraction of sp³-hybridized carbons (Fsp3) is 0.476. The molecule has 35 heavy (non-hydrogen) atoms. The molecule has 4 aliphatic rings. The second-order valence-corrected chi connectivity index (χ2v) is 8.24. The number of benzene rings is 1. The molecular formula is C21H19NO13. The number of ether oxygens (including phenoxy) is 7. The Morgan fingerprint density at radius 3 is 2.29 bits per heavy atom. The van der Waals surface area contributed by atoms with Crippen molar-refractivity contribution in [1.29, 1.82) is 0 Å². The van der Waals surface area contributed by atoms with Crippen LogP contribution in [0.3, 0.4) is 0 Å². The van der Waals surface area contributed by atoms with Gasteiger partial charge in [0.2, 0.25) is 18.1 Å². The van der Waals surface area contributed by atoms with Crippen molar-refractivity contribution in [3.63, 3.8) is 0 Å². The zero-order chi connectivity index (χ0) is 25.2. The maximum Gasteiger partial charge on any atom is 0.509 e. The van der Waals surface area contributed by atoms with Crippen LogP contribution in [0.5, 0.6) is 17.2 Å². The van der Waals surface area contributed by atoms with E-state index in [0.717, 1.165) is 20.8 Å². The minimum Gasteiger partial charge on any atom is -0.504 e. The summed E-state index contributed by atoms with van der Waals surface area (Å²) in [5.74, 6) is -3.97. The molecular weight excluding hydrogens is 474 g/mol. The number of amides is 1. The van der Waals surface area contributed by atoms with Gasteiger partial charge in [0.15, 0.2) is 35.9 Å². The first-order valence-electron chi connectivity index (χ1n) is 10.4. The van der Waals surface area contributed by atoms with Gasteiger partial charge in [0, 0.05) is 26.3 Å². The van der Waals surface area contributed by atoms with Crippen molar-refractivity contribution in [2.75, 3.05) is 6.79 Å². The standard InChI is InChI=1S/C21H19NO13/c1-6(23)31-14-15(32-7(2)24)17-21(18(34-20(28)35-21)16(14)33-8(3)25)9-4-10-13(30-5-29-10)12(26)11(9)19(27)22-17/h4,14-18,26H,5H2,1-3H3,(H,22,27)/t14-,15+,16+,17-,18-,21+/m0/s1. The zero-order valence-corrected chi connectivity index (χ0v) is 18.5. The van der Waals surface area contributed by atoms with Gasteiger partial charge in [-0.25, -0.2) is 4.79 Å². The van der Waals surface area contributed by atoms with Gasteiger partial charge in [0.1, 0.15) is 6.04 Å². The average Bonchev–Trinajstić information content (AvgIpc) is 3.36. The van der Waals surface area contributed by atoms with Crippen molar-refractivity contribution in [3.8, 4) is 17.2 Å². The van der Waals surface area contributed by atoms with Crippen molar-refractivity contribution >= 4 is 30.0 Å². The lowest BCUT2D eigenvalue weighted by molar-refractivity contribution is -0.229. The first-order valence-corrected chi connectivity index (χ1v) is 10.4. The number of phenols is 1. The molecule has 1 saturated heterocycles. The number of rotatable bonds is 3. The Labute approximate surface area is 196 Å². The van der Waals surface area contributed by atoms with E-state index in [-0.39, 0.29) is 29.4 Å². The van der Waals surface area contributed by atoms with Crippen molar-refractivity contribution < 1.29 is 62.2 Å². The number of hydrogen-bond acceptors (Lipinski definition) is 13. The predicted octanol–water partition coefficient (Wildman–Crippen LogP) is -0.228. The van der Waals surface area contributed by atoms with Crippen LogP contribution in [0.25, 0.3) is 0 Å². The van der Waals surface area contributed by atoms with E-state index in [1.54, 1.807) is 0 Å². The van der Waals surface area contributed by atoms with Crippen LogP contribution in [-0.2, 0) is 43.7 Å². The number of nitrogens with one attached hydrogen (secondary N) is 1. The lowest BCUT2D eigenvalue weighted by atomic mass is 9.66. The third kappa shape index (κ3) is 3.19. The topological polar surface area (TPSA) is 182 Å². The van der Waals surface area contributed by atoms with E-state index in [4.69, 9.17) is 33.2 Å². The lowest BCUT2D eigenvalue weighted by Gasteiger charge is -2.52. The fourth-order valence-corrected chi connectivity index (χ4v) is 5.07. The Morgan fingerprint density at radius 2 is 1.63 bits per heavy atom. The van der Waals surface area contributed by atoms with Gasteiger partial charge in [-0.05, 0) is 6.07 Å². The fourth-order valence-electron chi connectivity index (χ4n) is 5.07. The van der Waals surface area contributed by atoms with Gasteiger partial charge in [0.05, 0.1) is 5.56 Å². The van der Waals surface area contributed by atoms with Crippen molar-refractivity contribution in [1.82, 2.24) is 5.32 Å². The molecule has 0 aromatic heterocycles. The van der Waals surface area contributed by atoms with Gasteiger partial charge < -0.3 is 43.6 Å². The highest BCUT2D eigenvalue weighted by molar-refractivity contribution is 6.02. The Balaban J connectivity index is 1.78. The normalized spacial score (nSPS) is 31.6. The summed E-state index contributed by atoms with van der Waals surface area (Å²) >= 11 is 0. The van der Waals surface area contributed by atoms with E-state index >= 15 is 0 Å². The molecule has 1 aliphatic carbocycles. The molecule has 1 aromatic carbocycles. The van der Waals surface area contributed by atoms with Crippen LogP contribution in [0.4, 0.5) is 4.79 Å². The molecule has 2 fully saturated rings. The molecule has 6 atom stereocenters. The Bertz CT molecular complexity index is 1180. The third-order valence-corrected chi connectivity index (χ3v) is 6.11. The van der Waals surface area contributed by atoms with Crippen LogP contribution in [0.2, 0.25) is 0 Å². The van der Waals surface area contributed by atoms with E-state index in [0.29, 0.717) is 0 Å². The summed E-state index contributed by atoms with van der Waals surface area (Å²) in [6.07, 6.45) is -7.24. The second kappa shape index (κ2) is 7.65. The molecule has 0 radical (unpaired) electrons. The molecule has 186 valence electrons. The molecule has 1 aromatic rings. The minimum atomic E-state index is -1.99. The monoisotopic (exact) mass is 493 g/mol. The summed E-state index contributed by atoms with van der Waals surface area (Å²) in [4.78, 5) is 61.7. The maximum atomic E-state index is 13.2. The van der Waals surface area contributed by atoms with E-state index in [1.807, 2.05) is 0 Å². The molecule has 0 bridgehead atoms. The summed E-state index contributed by atoms with van der Waals surface area (Å²) in [5, 5.41) is 13.4. The van der Waals surface area contributed by atoms with Crippen LogP contribution in [-0.4, -0.2) is 72.3 Å². The van der Waals surface area contributed by atoms with Gasteiger partial charge in [-0.3, -0.25) is 19.2 Å². The molecule has 14 nitrogen and oxygen atoms in total. The highest BCUT2D eigenvalue weighted by atomic mass is 16.8. The smallest absolute Gasteiger partial charge is 0.504 e. The largest absolute Gasteiger partial charge is 0.509 e. The van der Waals surface area contributed by atoms with Crippen LogP contribution >= 0.6 is 0 Å². The van der Waals surface area contributed by atoms with Gasteiger partial charge in [0.25, 0.3) is 5.91 Å². The summed E-state index contributed by atoms with van der Waals surface area (Å²) in [5.41, 5.74) is -2.38. The van der Waals surface area contributed by atoms with E-state index in [2.05, 4.69) is 5.32 Å².